The van der Waals surface area contributed by atoms with Crippen LogP contribution in [-0.2, 0) is 0 Å². The zero-order valence-corrected chi connectivity index (χ0v) is 12.6. The normalized spacial score (nSPS) is 11.9. The Morgan fingerprint density at radius 1 is 1.19 bits per heavy atom. The zero-order valence-electron chi connectivity index (χ0n) is 11.8. The maximum Gasteiger partial charge on any atom is 0.251 e. The molecule has 0 saturated carbocycles. The van der Waals surface area contributed by atoms with Gasteiger partial charge in [0.15, 0.2) is 0 Å². The molecular weight excluding hydrogens is 286 g/mol. The number of amides is 1. The van der Waals surface area contributed by atoms with Gasteiger partial charge in [-0.15, -0.1) is 0 Å². The summed E-state index contributed by atoms with van der Waals surface area (Å²) in [5, 5.41) is 6.80. The number of nitrogens with zero attached hydrogens (tertiary/aromatic N) is 1. The molecule has 0 aliphatic carbocycles. The molecule has 4 nitrogen and oxygen atoms in total. The molecule has 110 valence electrons. The van der Waals surface area contributed by atoms with Crippen molar-refractivity contribution in [3.8, 4) is 0 Å². The van der Waals surface area contributed by atoms with Gasteiger partial charge in [0, 0.05) is 35.9 Å². The van der Waals surface area contributed by atoms with E-state index in [0.29, 0.717) is 23.7 Å². The first-order chi connectivity index (χ1) is 10.2. The lowest BCUT2D eigenvalue weighted by Gasteiger charge is -2.13. The summed E-state index contributed by atoms with van der Waals surface area (Å²) >= 11 is 5.79. The second-order valence-electron chi connectivity index (χ2n) is 4.69. The standard InChI is InChI=1S/C16H18ClN3O/c1-12(15-4-2-3-9-19-15)18-10-11-20-16(21)13-5-7-14(17)8-6-13/h2-9,12,18H,10-11H2,1H3,(H,20,21). The predicted octanol–water partition coefficient (Wildman–Crippen LogP) is 2.82. The number of pyridine rings is 1. The Hall–Kier alpha value is -1.91. The van der Waals surface area contributed by atoms with Crippen molar-refractivity contribution in [2.45, 2.75) is 13.0 Å². The van der Waals surface area contributed by atoms with Crippen molar-refractivity contribution in [3.63, 3.8) is 0 Å². The van der Waals surface area contributed by atoms with E-state index in [-0.39, 0.29) is 11.9 Å². The van der Waals surface area contributed by atoms with Crippen LogP contribution in [0.4, 0.5) is 0 Å². The summed E-state index contributed by atoms with van der Waals surface area (Å²) < 4.78 is 0. The third-order valence-electron chi connectivity index (χ3n) is 3.10. The highest BCUT2D eigenvalue weighted by Crippen LogP contribution is 2.09. The molecule has 1 unspecified atom stereocenters. The molecule has 1 atom stereocenters. The monoisotopic (exact) mass is 303 g/mol. The molecule has 1 aromatic carbocycles. The number of nitrogens with one attached hydrogen (secondary N) is 2. The van der Waals surface area contributed by atoms with Crippen LogP contribution in [-0.4, -0.2) is 24.0 Å². The minimum atomic E-state index is -0.0982. The molecule has 2 rings (SSSR count). The van der Waals surface area contributed by atoms with E-state index in [4.69, 9.17) is 11.6 Å². The van der Waals surface area contributed by atoms with Crippen LogP contribution in [0.3, 0.4) is 0 Å². The molecule has 0 bridgehead atoms. The van der Waals surface area contributed by atoms with Gasteiger partial charge in [-0.1, -0.05) is 17.7 Å². The Kier molecular flexibility index (Phi) is 5.72. The third kappa shape index (κ3) is 4.85. The van der Waals surface area contributed by atoms with Gasteiger partial charge in [0.25, 0.3) is 5.91 Å². The molecule has 2 N–H and O–H groups in total. The molecular formula is C16H18ClN3O. The van der Waals surface area contributed by atoms with E-state index < -0.39 is 0 Å². The summed E-state index contributed by atoms with van der Waals surface area (Å²) in [4.78, 5) is 16.2. The van der Waals surface area contributed by atoms with Gasteiger partial charge in [-0.2, -0.15) is 0 Å². The molecule has 0 fully saturated rings. The van der Waals surface area contributed by atoms with E-state index in [1.54, 1.807) is 30.5 Å². The minimum Gasteiger partial charge on any atom is -0.351 e. The van der Waals surface area contributed by atoms with Gasteiger partial charge in [-0.3, -0.25) is 9.78 Å². The van der Waals surface area contributed by atoms with Crippen molar-refractivity contribution in [2.75, 3.05) is 13.1 Å². The van der Waals surface area contributed by atoms with Crippen molar-refractivity contribution in [1.82, 2.24) is 15.6 Å². The van der Waals surface area contributed by atoms with Crippen molar-refractivity contribution in [1.29, 1.82) is 0 Å². The van der Waals surface area contributed by atoms with Gasteiger partial charge in [-0.05, 0) is 43.3 Å². The molecule has 1 amide bonds. The van der Waals surface area contributed by atoms with Gasteiger partial charge in [0.05, 0.1) is 5.69 Å². The third-order valence-corrected chi connectivity index (χ3v) is 3.35. The SMILES string of the molecule is CC(NCCNC(=O)c1ccc(Cl)cc1)c1ccccn1. The molecule has 1 heterocycles. The zero-order chi connectivity index (χ0) is 15.1. The quantitative estimate of drug-likeness (QED) is 0.807. The Morgan fingerprint density at radius 2 is 1.95 bits per heavy atom. The second-order valence-corrected chi connectivity index (χ2v) is 5.13. The molecule has 0 spiro atoms. The smallest absolute Gasteiger partial charge is 0.251 e. The van der Waals surface area contributed by atoms with E-state index in [2.05, 4.69) is 15.6 Å². The van der Waals surface area contributed by atoms with Gasteiger partial charge >= 0.3 is 0 Å². The van der Waals surface area contributed by atoms with E-state index in [1.807, 2.05) is 25.1 Å². The van der Waals surface area contributed by atoms with Gasteiger partial charge in [0.2, 0.25) is 0 Å². The lowest BCUT2D eigenvalue weighted by atomic mass is 10.2. The fourth-order valence-corrected chi connectivity index (χ4v) is 2.03. The maximum absolute atomic E-state index is 11.9. The molecule has 5 heteroatoms. The van der Waals surface area contributed by atoms with Crippen molar-refractivity contribution >= 4 is 17.5 Å². The fraction of sp³-hybridized carbons (Fsp3) is 0.250. The maximum atomic E-state index is 11.9. The molecule has 21 heavy (non-hydrogen) atoms. The predicted molar refractivity (Wildman–Crippen MR) is 84.4 cm³/mol. The lowest BCUT2D eigenvalue weighted by Crippen LogP contribution is -2.33. The molecule has 0 saturated heterocycles. The topological polar surface area (TPSA) is 54.0 Å². The van der Waals surface area contributed by atoms with Crippen LogP contribution in [0.15, 0.2) is 48.7 Å². The summed E-state index contributed by atoms with van der Waals surface area (Å²) in [6.07, 6.45) is 1.77. The van der Waals surface area contributed by atoms with Crippen molar-refractivity contribution < 1.29 is 4.79 Å². The van der Waals surface area contributed by atoms with Crippen LogP contribution >= 0.6 is 11.6 Å². The number of benzene rings is 1. The Morgan fingerprint density at radius 3 is 2.62 bits per heavy atom. The highest BCUT2D eigenvalue weighted by molar-refractivity contribution is 6.30. The number of rotatable bonds is 6. The van der Waals surface area contributed by atoms with Gasteiger partial charge in [0.1, 0.15) is 0 Å². The summed E-state index contributed by atoms with van der Waals surface area (Å²) in [7, 11) is 0. The average Bonchev–Trinajstić information content (AvgIpc) is 2.52. The molecule has 0 aliphatic heterocycles. The van der Waals surface area contributed by atoms with Crippen LogP contribution in [0.5, 0.6) is 0 Å². The Bertz CT molecular complexity index is 572. The largest absolute Gasteiger partial charge is 0.351 e. The Balaban J connectivity index is 1.72. The summed E-state index contributed by atoms with van der Waals surface area (Å²) in [6.45, 7) is 3.28. The van der Waals surface area contributed by atoms with Gasteiger partial charge < -0.3 is 10.6 Å². The van der Waals surface area contributed by atoms with E-state index in [0.717, 1.165) is 5.69 Å². The molecule has 0 radical (unpaired) electrons. The average molecular weight is 304 g/mol. The van der Waals surface area contributed by atoms with E-state index in [1.165, 1.54) is 0 Å². The van der Waals surface area contributed by atoms with E-state index in [9.17, 15) is 4.79 Å². The number of aromatic nitrogens is 1. The summed E-state index contributed by atoms with van der Waals surface area (Å²) in [5.41, 5.74) is 1.60. The highest BCUT2D eigenvalue weighted by atomic mass is 35.5. The van der Waals surface area contributed by atoms with Crippen molar-refractivity contribution in [2.24, 2.45) is 0 Å². The Labute approximate surface area is 129 Å². The first kappa shape index (κ1) is 15.5. The highest BCUT2D eigenvalue weighted by Gasteiger charge is 2.06. The van der Waals surface area contributed by atoms with E-state index >= 15 is 0 Å². The molecule has 2 aromatic rings. The number of hydrogen-bond donors (Lipinski definition) is 2. The minimum absolute atomic E-state index is 0.0982. The number of carbonyl (C=O) groups is 1. The summed E-state index contributed by atoms with van der Waals surface area (Å²) in [6, 6.07) is 12.8. The first-order valence-electron chi connectivity index (χ1n) is 6.85. The number of carbonyl (C=O) groups excluding carboxylic acids is 1. The van der Waals surface area contributed by atoms with Crippen molar-refractivity contribution in [3.05, 3.63) is 64.9 Å². The van der Waals surface area contributed by atoms with Crippen LogP contribution in [0, 0.1) is 0 Å². The summed E-state index contributed by atoms with van der Waals surface area (Å²) in [5.74, 6) is -0.0982. The van der Waals surface area contributed by atoms with Crippen LogP contribution in [0.1, 0.15) is 29.0 Å². The molecule has 1 aromatic heterocycles. The van der Waals surface area contributed by atoms with Crippen LogP contribution in [0.2, 0.25) is 5.02 Å². The second kappa shape index (κ2) is 7.76. The van der Waals surface area contributed by atoms with Gasteiger partial charge in [-0.25, -0.2) is 0 Å². The van der Waals surface area contributed by atoms with Crippen LogP contribution in [0.25, 0.3) is 0 Å². The number of halogens is 1. The lowest BCUT2D eigenvalue weighted by molar-refractivity contribution is 0.0953. The molecule has 0 aliphatic rings. The first-order valence-corrected chi connectivity index (χ1v) is 7.22. The van der Waals surface area contributed by atoms with Crippen LogP contribution < -0.4 is 10.6 Å². The number of hydrogen-bond acceptors (Lipinski definition) is 3. The fourth-order valence-electron chi connectivity index (χ4n) is 1.90.